The molecular weight excluding hydrogens is 214 g/mol. The predicted octanol–water partition coefficient (Wildman–Crippen LogP) is 1.67. The summed E-state index contributed by atoms with van der Waals surface area (Å²) < 4.78 is 0. The Hall–Kier alpha value is -0.280. The molecule has 0 aliphatic heterocycles. The largest absolute Gasteiger partial charge is 0.394 e. The number of amides is 1. The summed E-state index contributed by atoms with van der Waals surface area (Å²) in [6.45, 7) is 1.84. The number of aliphatic hydroxyl groups excluding tert-OH is 1. The standard InChI is InChI=1S/C11H20ClNO2/c1-9(7-12)10(15)13-11(8-14)5-3-2-4-6-11/h9,14H,2-8H2,1H3,(H,13,15). The molecule has 1 unspecified atom stereocenters. The molecule has 0 radical (unpaired) electrons. The molecule has 1 saturated carbocycles. The molecule has 0 bridgehead atoms. The van der Waals surface area contributed by atoms with Gasteiger partial charge in [-0.1, -0.05) is 26.2 Å². The second kappa shape index (κ2) is 5.71. The minimum absolute atomic E-state index is 0.0355. The van der Waals surface area contributed by atoms with Gasteiger partial charge >= 0.3 is 0 Å². The maximum atomic E-state index is 11.7. The molecule has 1 aliphatic rings. The van der Waals surface area contributed by atoms with Gasteiger partial charge < -0.3 is 10.4 Å². The molecule has 1 amide bonds. The molecule has 1 fully saturated rings. The summed E-state index contributed by atoms with van der Waals surface area (Å²) >= 11 is 5.63. The van der Waals surface area contributed by atoms with E-state index in [0.717, 1.165) is 25.7 Å². The lowest BCUT2D eigenvalue weighted by Crippen LogP contribution is -2.54. The van der Waals surface area contributed by atoms with Crippen molar-refractivity contribution in [2.75, 3.05) is 12.5 Å². The van der Waals surface area contributed by atoms with Crippen LogP contribution in [0.15, 0.2) is 0 Å². The van der Waals surface area contributed by atoms with Crippen LogP contribution in [0.3, 0.4) is 0 Å². The Morgan fingerprint density at radius 2 is 2.07 bits per heavy atom. The highest BCUT2D eigenvalue weighted by molar-refractivity contribution is 6.19. The molecule has 1 rings (SSSR count). The highest BCUT2D eigenvalue weighted by Gasteiger charge is 2.33. The van der Waals surface area contributed by atoms with Crippen LogP contribution in [0.2, 0.25) is 0 Å². The Morgan fingerprint density at radius 3 is 2.53 bits per heavy atom. The summed E-state index contributed by atoms with van der Waals surface area (Å²) in [4.78, 5) is 11.7. The Bertz CT molecular complexity index is 215. The van der Waals surface area contributed by atoms with Gasteiger partial charge in [-0.05, 0) is 12.8 Å². The summed E-state index contributed by atoms with van der Waals surface area (Å²) in [5.74, 6) is 0.103. The van der Waals surface area contributed by atoms with Gasteiger partial charge in [-0.3, -0.25) is 4.79 Å². The van der Waals surface area contributed by atoms with Crippen molar-refractivity contribution in [2.45, 2.75) is 44.6 Å². The molecule has 15 heavy (non-hydrogen) atoms. The summed E-state index contributed by atoms with van der Waals surface area (Å²) in [7, 11) is 0. The molecule has 0 spiro atoms. The quantitative estimate of drug-likeness (QED) is 0.726. The molecule has 0 aromatic carbocycles. The Labute approximate surface area is 96.2 Å². The molecule has 1 atom stereocenters. The third-order valence-corrected chi connectivity index (χ3v) is 3.64. The third-order valence-electron chi connectivity index (χ3n) is 3.18. The first-order chi connectivity index (χ1) is 7.13. The SMILES string of the molecule is CC(CCl)C(=O)NC1(CO)CCCCC1. The Balaban J connectivity index is 2.55. The van der Waals surface area contributed by atoms with Crippen molar-refractivity contribution >= 4 is 17.5 Å². The number of alkyl halides is 1. The van der Waals surface area contributed by atoms with Gasteiger partial charge in [0.1, 0.15) is 0 Å². The molecule has 1 aliphatic carbocycles. The van der Waals surface area contributed by atoms with Crippen LogP contribution in [-0.4, -0.2) is 29.0 Å². The van der Waals surface area contributed by atoms with E-state index in [1.54, 1.807) is 6.92 Å². The first kappa shape index (κ1) is 12.8. The number of hydrogen-bond donors (Lipinski definition) is 2. The van der Waals surface area contributed by atoms with Gasteiger partial charge in [-0.25, -0.2) is 0 Å². The fourth-order valence-electron chi connectivity index (χ4n) is 2.01. The van der Waals surface area contributed by atoms with Crippen LogP contribution < -0.4 is 5.32 Å². The first-order valence-corrected chi connectivity index (χ1v) is 6.16. The van der Waals surface area contributed by atoms with E-state index in [9.17, 15) is 9.90 Å². The zero-order valence-electron chi connectivity index (χ0n) is 9.26. The van der Waals surface area contributed by atoms with Gasteiger partial charge in [-0.2, -0.15) is 0 Å². The molecule has 0 heterocycles. The number of rotatable bonds is 4. The van der Waals surface area contributed by atoms with Gasteiger partial charge in [0.2, 0.25) is 5.91 Å². The smallest absolute Gasteiger partial charge is 0.224 e. The average Bonchev–Trinajstić information content (AvgIpc) is 2.29. The number of nitrogens with one attached hydrogen (secondary N) is 1. The van der Waals surface area contributed by atoms with Gasteiger partial charge in [0, 0.05) is 11.8 Å². The van der Waals surface area contributed by atoms with Crippen molar-refractivity contribution in [3.8, 4) is 0 Å². The van der Waals surface area contributed by atoms with E-state index in [1.165, 1.54) is 6.42 Å². The minimum atomic E-state index is -0.379. The van der Waals surface area contributed by atoms with E-state index in [2.05, 4.69) is 5.32 Å². The molecule has 88 valence electrons. The number of halogens is 1. The maximum absolute atomic E-state index is 11.7. The monoisotopic (exact) mass is 233 g/mol. The van der Waals surface area contributed by atoms with Crippen molar-refractivity contribution in [2.24, 2.45) is 5.92 Å². The van der Waals surface area contributed by atoms with Crippen molar-refractivity contribution in [1.29, 1.82) is 0 Å². The van der Waals surface area contributed by atoms with E-state index in [4.69, 9.17) is 11.6 Å². The van der Waals surface area contributed by atoms with E-state index < -0.39 is 0 Å². The lowest BCUT2D eigenvalue weighted by molar-refractivity contribution is -0.127. The molecule has 2 N–H and O–H groups in total. The Kier molecular flexibility index (Phi) is 4.87. The first-order valence-electron chi connectivity index (χ1n) is 5.62. The van der Waals surface area contributed by atoms with E-state index in [1.807, 2.05) is 0 Å². The molecule has 3 nitrogen and oxygen atoms in total. The molecular formula is C11H20ClNO2. The molecule has 0 aromatic heterocycles. The van der Waals surface area contributed by atoms with Gasteiger partial charge in [-0.15, -0.1) is 11.6 Å². The van der Waals surface area contributed by atoms with E-state index >= 15 is 0 Å². The number of hydrogen-bond acceptors (Lipinski definition) is 2. The lowest BCUT2D eigenvalue weighted by Gasteiger charge is -2.37. The summed E-state index contributed by atoms with van der Waals surface area (Å²) in [6, 6.07) is 0. The van der Waals surface area contributed by atoms with Crippen molar-refractivity contribution in [3.05, 3.63) is 0 Å². The molecule has 4 heteroatoms. The Morgan fingerprint density at radius 1 is 1.47 bits per heavy atom. The number of carbonyl (C=O) groups is 1. The van der Waals surface area contributed by atoms with Crippen molar-refractivity contribution in [3.63, 3.8) is 0 Å². The summed E-state index contributed by atoms with van der Waals surface area (Å²) in [6.07, 6.45) is 5.11. The van der Waals surface area contributed by atoms with Crippen molar-refractivity contribution in [1.82, 2.24) is 5.32 Å². The van der Waals surface area contributed by atoms with Gasteiger partial charge in [0.05, 0.1) is 12.1 Å². The van der Waals surface area contributed by atoms with E-state index in [-0.39, 0.29) is 24.0 Å². The van der Waals surface area contributed by atoms with Crippen molar-refractivity contribution < 1.29 is 9.90 Å². The molecule has 0 saturated heterocycles. The lowest BCUT2D eigenvalue weighted by atomic mass is 9.82. The second-order valence-electron chi connectivity index (χ2n) is 4.54. The van der Waals surface area contributed by atoms with Crippen LogP contribution in [-0.2, 0) is 4.79 Å². The average molecular weight is 234 g/mol. The van der Waals surface area contributed by atoms with Crippen LogP contribution >= 0.6 is 11.6 Å². The highest BCUT2D eigenvalue weighted by atomic mass is 35.5. The zero-order chi connectivity index (χ0) is 11.3. The summed E-state index contributed by atoms with van der Waals surface area (Å²) in [5, 5.41) is 12.4. The second-order valence-corrected chi connectivity index (χ2v) is 4.85. The van der Waals surface area contributed by atoms with E-state index in [0.29, 0.717) is 5.88 Å². The normalized spacial score (nSPS) is 22.1. The van der Waals surface area contributed by atoms with Crippen LogP contribution in [0.4, 0.5) is 0 Å². The zero-order valence-corrected chi connectivity index (χ0v) is 10.0. The topological polar surface area (TPSA) is 49.3 Å². The fourth-order valence-corrected chi connectivity index (χ4v) is 2.15. The molecule has 0 aromatic rings. The van der Waals surface area contributed by atoms with Gasteiger partial charge in [0.15, 0.2) is 0 Å². The van der Waals surface area contributed by atoms with Crippen LogP contribution in [0.1, 0.15) is 39.0 Å². The van der Waals surface area contributed by atoms with Crippen LogP contribution in [0, 0.1) is 5.92 Å². The van der Waals surface area contributed by atoms with Crippen LogP contribution in [0.25, 0.3) is 0 Å². The van der Waals surface area contributed by atoms with Gasteiger partial charge in [0.25, 0.3) is 0 Å². The highest BCUT2D eigenvalue weighted by Crippen LogP contribution is 2.28. The summed E-state index contributed by atoms with van der Waals surface area (Å²) in [5.41, 5.74) is -0.379. The minimum Gasteiger partial charge on any atom is -0.394 e. The fraction of sp³-hybridized carbons (Fsp3) is 0.909. The predicted molar refractivity (Wildman–Crippen MR) is 60.9 cm³/mol. The number of carbonyl (C=O) groups excluding carboxylic acids is 1. The third kappa shape index (κ3) is 3.35. The number of aliphatic hydroxyl groups is 1. The van der Waals surface area contributed by atoms with Crippen LogP contribution in [0.5, 0.6) is 0 Å². The maximum Gasteiger partial charge on any atom is 0.224 e.